The Morgan fingerprint density at radius 3 is 2.30 bits per heavy atom. The Hall–Kier alpha value is -1.27. The molecule has 0 fully saturated rings. The molecule has 0 spiro atoms. The van der Waals surface area contributed by atoms with Gasteiger partial charge < -0.3 is 0 Å². The highest BCUT2D eigenvalue weighted by atomic mass is 19.3. The molecule has 0 aliphatic heterocycles. The fourth-order valence-electron chi connectivity index (χ4n) is 0.450. The average Bonchev–Trinajstić information content (AvgIpc) is 2.14. The molecular weight excluding hydrogens is 146 g/mol. The summed E-state index contributed by atoms with van der Waals surface area (Å²) < 4.78 is 24.1. The maximum atomic E-state index is 11.7. The highest BCUT2D eigenvalue weighted by Crippen LogP contribution is 2.00. The van der Waals surface area contributed by atoms with Crippen LogP contribution in [0.25, 0.3) is 0 Å². The first kappa shape index (κ1) is 6.84. The third-order valence-electron chi connectivity index (χ3n) is 0.928. The van der Waals surface area contributed by atoms with E-state index in [1.807, 2.05) is 0 Å². The van der Waals surface area contributed by atoms with Crippen LogP contribution in [0.2, 0.25) is 0 Å². The van der Waals surface area contributed by atoms with E-state index in [1.165, 1.54) is 7.05 Å². The summed E-state index contributed by atoms with van der Waals surface area (Å²) >= 11 is 0. The van der Waals surface area contributed by atoms with Crippen LogP contribution < -0.4 is 5.69 Å². The zero-order valence-corrected chi connectivity index (χ0v) is 5.03. The summed E-state index contributed by atoms with van der Waals surface area (Å²) in [4.78, 5) is 10.5. The molecule has 0 atom stereocenters. The fraction of sp³-hybridized carbons (Fsp3) is 0.667. The van der Waals surface area contributed by atoms with E-state index < -0.39 is 12.2 Å². The Morgan fingerprint density at radius 2 is 2.10 bits per heavy atom. The first-order chi connectivity index (χ1) is 4.63. The van der Waals surface area contributed by atoms with Crippen LogP contribution in [-0.4, -0.2) is 19.8 Å². The first-order valence-electron chi connectivity index (χ1n) is 2.39. The minimum atomic E-state index is -2.92. The molecular formula is C3H4F2N4O. The van der Waals surface area contributed by atoms with Gasteiger partial charge in [0.1, 0.15) is 0 Å². The van der Waals surface area contributed by atoms with Crippen molar-refractivity contribution in [3.8, 4) is 0 Å². The maximum Gasteiger partial charge on any atom is 0.368 e. The lowest BCUT2D eigenvalue weighted by molar-refractivity contribution is 0.0507. The second-order valence-electron chi connectivity index (χ2n) is 1.61. The summed E-state index contributed by atoms with van der Waals surface area (Å²) in [5.41, 5.74) is -0.921. The molecule has 0 radical (unpaired) electrons. The van der Waals surface area contributed by atoms with Crippen LogP contribution in [0.3, 0.4) is 0 Å². The monoisotopic (exact) mass is 150 g/mol. The minimum Gasteiger partial charge on any atom is -0.244 e. The minimum absolute atomic E-state index is 0. The molecule has 0 amide bonds. The number of hydrogen-bond acceptors (Lipinski definition) is 3. The Labute approximate surface area is 53.8 Å². The highest BCUT2D eigenvalue weighted by molar-refractivity contribution is 4.54. The molecule has 0 saturated carbocycles. The van der Waals surface area contributed by atoms with E-state index in [2.05, 4.69) is 10.4 Å². The molecule has 10 heavy (non-hydrogen) atoms. The van der Waals surface area contributed by atoms with E-state index in [-0.39, 0.29) is 4.68 Å². The van der Waals surface area contributed by atoms with Crippen LogP contribution in [0.1, 0.15) is 6.55 Å². The summed E-state index contributed by atoms with van der Waals surface area (Å²) in [6.07, 6.45) is 0. The first-order valence-corrected chi connectivity index (χ1v) is 2.39. The van der Waals surface area contributed by atoms with E-state index >= 15 is 0 Å². The van der Waals surface area contributed by atoms with Crippen molar-refractivity contribution in [3.63, 3.8) is 0 Å². The lowest BCUT2D eigenvalue weighted by Gasteiger charge is -1.90. The van der Waals surface area contributed by atoms with Crippen molar-refractivity contribution in [2.75, 3.05) is 0 Å². The molecule has 56 valence electrons. The normalized spacial score (nSPS) is 10.8. The zero-order valence-electron chi connectivity index (χ0n) is 5.03. The van der Waals surface area contributed by atoms with Crippen molar-refractivity contribution >= 4 is 0 Å². The quantitative estimate of drug-likeness (QED) is 0.535. The standard InChI is InChI=1S/C3H4F2N4O/c1-8-3(10)9(2(4)5)7-6-8/h2H,1H3. The summed E-state index contributed by atoms with van der Waals surface area (Å²) in [7, 11) is 1.24. The number of aryl methyl sites for hydroxylation is 1. The molecule has 0 aliphatic carbocycles. The van der Waals surface area contributed by atoms with Crippen LogP contribution >= 0.6 is 0 Å². The Balaban J connectivity index is 3.18. The Bertz CT molecular complexity index is 276. The molecule has 0 bridgehead atoms. The van der Waals surface area contributed by atoms with Gasteiger partial charge in [-0.25, -0.2) is 4.79 Å². The molecule has 0 unspecified atom stereocenters. The number of aromatic nitrogens is 4. The second-order valence-corrected chi connectivity index (χ2v) is 1.61. The van der Waals surface area contributed by atoms with E-state index in [4.69, 9.17) is 0 Å². The highest BCUT2D eigenvalue weighted by Gasteiger charge is 2.11. The average molecular weight is 150 g/mol. The van der Waals surface area contributed by atoms with Gasteiger partial charge in [-0.3, -0.25) is 0 Å². The van der Waals surface area contributed by atoms with Gasteiger partial charge in [-0.1, -0.05) is 0 Å². The van der Waals surface area contributed by atoms with Gasteiger partial charge in [0.25, 0.3) is 0 Å². The molecule has 7 heteroatoms. The molecule has 5 nitrogen and oxygen atoms in total. The van der Waals surface area contributed by atoms with Crippen LogP contribution in [0.15, 0.2) is 4.79 Å². The predicted octanol–water partition coefficient (Wildman–Crippen LogP) is -0.628. The van der Waals surface area contributed by atoms with Gasteiger partial charge in [-0.05, 0) is 10.4 Å². The number of tetrazole rings is 1. The van der Waals surface area contributed by atoms with E-state index in [0.29, 0.717) is 0 Å². The molecule has 1 rings (SSSR count). The molecule has 1 aromatic rings. The van der Waals surface area contributed by atoms with E-state index in [1.54, 1.807) is 0 Å². The molecule has 1 heterocycles. The Kier molecular flexibility index (Phi) is 1.48. The third kappa shape index (κ3) is 0.893. The van der Waals surface area contributed by atoms with Gasteiger partial charge in [0.05, 0.1) is 0 Å². The number of nitrogens with zero attached hydrogens (tertiary/aromatic N) is 4. The largest absolute Gasteiger partial charge is 0.368 e. The number of rotatable bonds is 1. The maximum absolute atomic E-state index is 11.7. The van der Waals surface area contributed by atoms with Gasteiger partial charge in [-0.2, -0.15) is 13.5 Å². The zero-order chi connectivity index (χ0) is 7.72. The second kappa shape index (κ2) is 2.16. The fourth-order valence-corrected chi connectivity index (χ4v) is 0.450. The van der Waals surface area contributed by atoms with Crippen LogP contribution in [0, 0.1) is 0 Å². The van der Waals surface area contributed by atoms with Crippen LogP contribution in [0.5, 0.6) is 0 Å². The molecule has 0 aromatic carbocycles. The summed E-state index contributed by atoms with van der Waals surface area (Å²) in [6.45, 7) is -2.92. The van der Waals surface area contributed by atoms with Gasteiger partial charge in [0.15, 0.2) is 0 Å². The number of hydrogen-bond donors (Lipinski definition) is 0. The Morgan fingerprint density at radius 1 is 1.50 bits per heavy atom. The van der Waals surface area contributed by atoms with Gasteiger partial charge in [0, 0.05) is 7.05 Å². The lowest BCUT2D eigenvalue weighted by atomic mass is 11.0. The van der Waals surface area contributed by atoms with Crippen molar-refractivity contribution in [3.05, 3.63) is 10.5 Å². The third-order valence-corrected chi connectivity index (χ3v) is 0.928. The van der Waals surface area contributed by atoms with E-state index in [0.717, 1.165) is 4.68 Å². The van der Waals surface area contributed by atoms with Gasteiger partial charge in [0.2, 0.25) is 0 Å². The summed E-state index contributed by atoms with van der Waals surface area (Å²) in [5, 5.41) is 5.96. The lowest BCUT2D eigenvalue weighted by Crippen LogP contribution is -2.23. The predicted molar refractivity (Wildman–Crippen MR) is 26.5 cm³/mol. The van der Waals surface area contributed by atoms with Crippen LogP contribution in [-0.2, 0) is 7.05 Å². The van der Waals surface area contributed by atoms with Crippen molar-refractivity contribution in [1.82, 2.24) is 19.8 Å². The molecule has 0 N–H and O–H groups in total. The molecule has 1 aromatic heterocycles. The van der Waals surface area contributed by atoms with Crippen molar-refractivity contribution in [2.45, 2.75) is 6.55 Å². The van der Waals surface area contributed by atoms with E-state index in [9.17, 15) is 13.6 Å². The topological polar surface area (TPSA) is 52.7 Å². The smallest absolute Gasteiger partial charge is 0.244 e. The van der Waals surface area contributed by atoms with Gasteiger partial charge >= 0.3 is 12.2 Å². The SMILES string of the molecule is Cn1nnn(C(F)F)c1=O. The van der Waals surface area contributed by atoms with Crippen molar-refractivity contribution in [1.29, 1.82) is 0 Å². The summed E-state index contributed by atoms with van der Waals surface area (Å²) in [6, 6.07) is 0. The van der Waals surface area contributed by atoms with Crippen molar-refractivity contribution < 1.29 is 8.78 Å². The molecule has 0 saturated heterocycles. The van der Waals surface area contributed by atoms with Gasteiger partial charge in [-0.15, -0.1) is 4.68 Å². The number of halogens is 2. The van der Waals surface area contributed by atoms with Crippen molar-refractivity contribution in [2.24, 2.45) is 7.05 Å². The summed E-state index contributed by atoms with van der Waals surface area (Å²) in [5.74, 6) is 0. The number of alkyl halides is 2. The molecule has 0 aliphatic rings. The van der Waals surface area contributed by atoms with Crippen LogP contribution in [0.4, 0.5) is 8.78 Å².